The Balaban J connectivity index is 1.86. The van der Waals surface area contributed by atoms with Gasteiger partial charge in [-0.05, 0) is 60.5 Å². The number of benzene rings is 3. The highest BCUT2D eigenvalue weighted by atomic mass is 35.5. The summed E-state index contributed by atoms with van der Waals surface area (Å²) in [5, 5.41) is 12.1. The first kappa shape index (κ1) is 23.4. The third kappa shape index (κ3) is 6.25. The van der Waals surface area contributed by atoms with Crippen LogP contribution in [0.25, 0.3) is 11.1 Å². The summed E-state index contributed by atoms with van der Waals surface area (Å²) in [6, 6.07) is 18.7. The van der Waals surface area contributed by atoms with Gasteiger partial charge >= 0.3 is 5.97 Å². The summed E-state index contributed by atoms with van der Waals surface area (Å²) < 4.78 is 29.5. The molecule has 0 saturated heterocycles. The number of carboxylic acids is 1. The average Bonchev–Trinajstić information content (AvgIpc) is 2.92. The molecule has 4 aromatic rings. The molecule has 1 heterocycles. The zero-order valence-electron chi connectivity index (χ0n) is 23.7. The van der Waals surface area contributed by atoms with Crippen LogP contribution >= 0.6 is 11.6 Å². The van der Waals surface area contributed by atoms with Gasteiger partial charge < -0.3 is 15.2 Å². The van der Waals surface area contributed by atoms with Crippen LogP contribution in [-0.2, 0) is 11.2 Å². The van der Waals surface area contributed by atoms with E-state index in [2.05, 4.69) is 5.32 Å². The van der Waals surface area contributed by atoms with Crippen molar-refractivity contribution < 1.29 is 28.3 Å². The number of anilines is 1. The molecule has 0 bridgehead atoms. The minimum absolute atomic E-state index is 0.0169. The third-order valence-corrected chi connectivity index (χ3v) is 6.35. The number of nitrogens with zero attached hydrogens (tertiary/aromatic N) is 1. The molecule has 0 aliphatic carbocycles. The molecule has 2 N–H and O–H groups in total. The fraction of sp³-hybridized carbons (Fsp3) is 0.133. The van der Waals surface area contributed by atoms with Gasteiger partial charge in [-0.3, -0.25) is 19.0 Å². The Labute approximate surface area is 233 Å². The van der Waals surface area contributed by atoms with Crippen LogP contribution in [0.5, 0.6) is 5.75 Å². The van der Waals surface area contributed by atoms with Gasteiger partial charge in [-0.15, -0.1) is 0 Å². The van der Waals surface area contributed by atoms with E-state index in [4.69, 9.17) is 25.6 Å². The number of halogens is 1. The summed E-state index contributed by atoms with van der Waals surface area (Å²) in [5.41, 5.74) is 0.755. The van der Waals surface area contributed by atoms with E-state index in [-0.39, 0.29) is 50.9 Å². The average molecular weight is 548 g/mol. The number of carboxylic acid groups (broad SMARTS) is 1. The van der Waals surface area contributed by atoms with Crippen molar-refractivity contribution in [2.75, 3.05) is 12.4 Å². The summed E-state index contributed by atoms with van der Waals surface area (Å²) in [6.07, 6.45) is 1.18. The first-order chi connectivity index (χ1) is 19.8. The largest absolute Gasteiger partial charge is 0.495 e. The number of hydrogen-bond donors (Lipinski definition) is 2. The lowest BCUT2D eigenvalue weighted by molar-refractivity contribution is -0.119. The smallest absolute Gasteiger partial charge is 0.335 e. The van der Waals surface area contributed by atoms with Crippen molar-refractivity contribution in [1.29, 1.82) is 0 Å². The van der Waals surface area contributed by atoms with Gasteiger partial charge in [0, 0.05) is 34.3 Å². The van der Waals surface area contributed by atoms with E-state index >= 15 is 0 Å². The van der Waals surface area contributed by atoms with E-state index in [9.17, 15) is 19.2 Å². The maximum atomic E-state index is 13.6. The van der Waals surface area contributed by atoms with Crippen molar-refractivity contribution in [3.63, 3.8) is 0 Å². The molecule has 1 unspecified atom stereocenters. The quantitative estimate of drug-likeness (QED) is 0.267. The minimum Gasteiger partial charge on any atom is -0.495 e. The topological polar surface area (TPSA) is 115 Å². The normalized spacial score (nSPS) is 12.9. The number of methoxy groups -OCH3 is 1. The molecule has 9 heteroatoms. The van der Waals surface area contributed by atoms with Crippen LogP contribution in [-0.4, -0.2) is 34.4 Å². The molecule has 198 valence electrons. The molecule has 1 amide bonds. The van der Waals surface area contributed by atoms with Crippen LogP contribution in [0.2, 0.25) is 5.02 Å². The number of aromatic carboxylic acids is 1. The fourth-order valence-electron chi connectivity index (χ4n) is 4.19. The number of carbonyl (C=O) groups excluding carboxylic acids is 2. The van der Waals surface area contributed by atoms with Crippen molar-refractivity contribution in [3.8, 4) is 16.9 Å². The molecule has 39 heavy (non-hydrogen) atoms. The lowest BCUT2D eigenvalue weighted by Crippen LogP contribution is -2.34. The second-order valence-electron chi connectivity index (χ2n) is 8.72. The molecule has 0 radical (unpaired) electrons. The molecule has 0 fully saturated rings. The van der Waals surface area contributed by atoms with E-state index in [1.807, 2.05) is 0 Å². The van der Waals surface area contributed by atoms with E-state index in [0.717, 1.165) is 16.8 Å². The Kier molecular flexibility index (Phi) is 7.08. The first-order valence-electron chi connectivity index (χ1n) is 13.3. The Bertz CT molecular complexity index is 1700. The number of amides is 1. The highest BCUT2D eigenvalue weighted by Gasteiger charge is 2.25. The Morgan fingerprint density at radius 3 is 2.38 bits per heavy atom. The monoisotopic (exact) mass is 547 g/mol. The zero-order valence-corrected chi connectivity index (χ0v) is 21.4. The van der Waals surface area contributed by atoms with Gasteiger partial charge in [0.15, 0.2) is 5.78 Å². The molecule has 3 aromatic carbocycles. The number of nitrogens with one attached hydrogen (secondary N) is 1. The van der Waals surface area contributed by atoms with Crippen LogP contribution in [0, 0.1) is 0 Å². The summed E-state index contributed by atoms with van der Waals surface area (Å²) in [7, 11) is -2.94. The summed E-state index contributed by atoms with van der Waals surface area (Å²) in [5.74, 6) is -2.36. The van der Waals surface area contributed by atoms with Gasteiger partial charge in [0.2, 0.25) is 5.91 Å². The van der Waals surface area contributed by atoms with Gasteiger partial charge in [0.1, 0.15) is 11.8 Å². The number of rotatable bonds is 9. The summed E-state index contributed by atoms with van der Waals surface area (Å²) >= 11 is 6.18. The number of hydrogen-bond acceptors (Lipinski definition) is 5. The number of aromatic nitrogens is 1. The second-order valence-corrected chi connectivity index (χ2v) is 9.16. The van der Waals surface area contributed by atoms with Crippen molar-refractivity contribution >= 4 is 34.9 Å². The second kappa shape index (κ2) is 11.8. The standard InChI is InChI=1S/C30H25ClN2O6/c1-18(34)23-13-10-21(31)15-24(23)25-16-28(35)33(17-27(25)39-2)26(14-19-6-4-3-5-7-19)29(36)32-22-11-8-20(9-12-22)30(37)38/h3-13,15-17,26H,14H2,1-2H3,(H,32,36)(H,37,38)/i2D3. The number of Topliss-reactive ketones (excluding diaryl/α,β-unsaturated/α-hetero) is 1. The molecule has 0 aliphatic heterocycles. The van der Waals surface area contributed by atoms with Crippen molar-refractivity contribution in [2.45, 2.75) is 19.4 Å². The summed E-state index contributed by atoms with van der Waals surface area (Å²) in [4.78, 5) is 50.8. The van der Waals surface area contributed by atoms with Crippen LogP contribution in [0.3, 0.4) is 0 Å². The number of ether oxygens (including phenoxy) is 1. The summed E-state index contributed by atoms with van der Waals surface area (Å²) in [6.45, 7) is 1.32. The molecular formula is C30H25ClN2O6. The molecule has 0 spiro atoms. The van der Waals surface area contributed by atoms with Gasteiger partial charge in [0.05, 0.1) is 22.9 Å². The zero-order chi connectivity index (χ0) is 30.6. The lowest BCUT2D eigenvalue weighted by atomic mass is 9.97. The number of carbonyl (C=O) groups is 3. The Morgan fingerprint density at radius 2 is 1.74 bits per heavy atom. The lowest BCUT2D eigenvalue weighted by Gasteiger charge is -2.22. The van der Waals surface area contributed by atoms with Crippen LogP contribution in [0.15, 0.2) is 89.9 Å². The minimum atomic E-state index is -2.94. The van der Waals surface area contributed by atoms with Crippen LogP contribution in [0.4, 0.5) is 5.69 Å². The van der Waals surface area contributed by atoms with E-state index in [1.165, 1.54) is 49.4 Å². The molecule has 4 rings (SSSR count). The fourth-order valence-corrected chi connectivity index (χ4v) is 4.36. The number of ketones is 1. The molecule has 0 saturated carbocycles. The molecule has 1 aromatic heterocycles. The van der Waals surface area contributed by atoms with Crippen molar-refractivity contribution in [1.82, 2.24) is 4.57 Å². The molecule has 8 nitrogen and oxygen atoms in total. The van der Waals surface area contributed by atoms with Gasteiger partial charge in [-0.1, -0.05) is 41.9 Å². The maximum absolute atomic E-state index is 13.6. The molecule has 0 aliphatic rings. The third-order valence-electron chi connectivity index (χ3n) is 6.11. The highest BCUT2D eigenvalue weighted by Crippen LogP contribution is 2.34. The SMILES string of the molecule is [2H]C([2H])([2H])Oc1cn(C(Cc2ccccc2)C(=O)Nc2ccc(C(=O)O)cc2)c(=O)cc1-c1cc(Cl)ccc1C(C)=O. The molecule has 1 atom stereocenters. The Hall–Kier alpha value is -4.69. The van der Waals surface area contributed by atoms with E-state index in [0.29, 0.717) is 5.56 Å². The molecular weight excluding hydrogens is 520 g/mol. The van der Waals surface area contributed by atoms with Gasteiger partial charge in [-0.2, -0.15) is 0 Å². The van der Waals surface area contributed by atoms with E-state index in [1.54, 1.807) is 30.3 Å². The van der Waals surface area contributed by atoms with Crippen molar-refractivity contribution in [2.24, 2.45) is 0 Å². The van der Waals surface area contributed by atoms with Crippen molar-refractivity contribution in [3.05, 3.63) is 117 Å². The number of pyridine rings is 1. The van der Waals surface area contributed by atoms with E-state index < -0.39 is 30.5 Å². The highest BCUT2D eigenvalue weighted by molar-refractivity contribution is 6.31. The van der Waals surface area contributed by atoms with Gasteiger partial charge in [-0.25, -0.2) is 4.79 Å². The first-order valence-corrected chi connectivity index (χ1v) is 12.1. The van der Waals surface area contributed by atoms with Crippen LogP contribution in [0.1, 0.15) is 43.4 Å². The maximum Gasteiger partial charge on any atom is 0.335 e. The Morgan fingerprint density at radius 1 is 1.03 bits per heavy atom. The predicted molar refractivity (Wildman–Crippen MR) is 149 cm³/mol. The predicted octanol–water partition coefficient (Wildman–Crippen LogP) is 5.50. The van der Waals surface area contributed by atoms with Crippen LogP contribution < -0.4 is 15.6 Å². The van der Waals surface area contributed by atoms with Gasteiger partial charge in [0.25, 0.3) is 5.56 Å².